The third-order valence-corrected chi connectivity index (χ3v) is 10.6. The van der Waals surface area contributed by atoms with E-state index in [4.69, 9.17) is 0 Å². The minimum Gasteiger partial charge on any atom is -0.412 e. The Labute approximate surface area is 197 Å². The van der Waals surface area contributed by atoms with E-state index in [0.717, 1.165) is 0 Å². The van der Waals surface area contributed by atoms with Crippen LogP contribution in [0.15, 0.2) is 0 Å². The first-order valence-electron chi connectivity index (χ1n) is 14.3. The summed E-state index contributed by atoms with van der Waals surface area (Å²) in [7, 11) is 0. The van der Waals surface area contributed by atoms with Crippen LogP contribution < -0.4 is 0 Å². The van der Waals surface area contributed by atoms with E-state index in [2.05, 4.69) is 20.8 Å². The topological polar surface area (TPSA) is 31.5 Å². The van der Waals surface area contributed by atoms with Crippen molar-refractivity contribution in [1.82, 2.24) is 0 Å². The summed E-state index contributed by atoms with van der Waals surface area (Å²) in [5, 5.41) is 5.00. The van der Waals surface area contributed by atoms with E-state index in [-0.39, 0.29) is 5.48 Å². The molecule has 0 heterocycles. The second kappa shape index (κ2) is 29.5. The highest BCUT2D eigenvalue weighted by atomic mass is 27.2. The van der Waals surface area contributed by atoms with Gasteiger partial charge in [0.1, 0.15) is 0 Å². The fraction of sp³-hybridized carbons (Fsp3) is 1.00. The molecule has 0 unspecified atom stereocenters. The Morgan fingerprint density at radius 1 is 0.300 bits per heavy atom. The summed E-state index contributed by atoms with van der Waals surface area (Å²) >= 11 is -0.433. The molecule has 30 heavy (non-hydrogen) atoms. The molecular formula is C28H61AlO. The average Bonchev–Trinajstić information content (AvgIpc) is 2.73. The zero-order chi connectivity index (χ0) is 21.3. The van der Waals surface area contributed by atoms with Gasteiger partial charge in [0.15, 0.2) is 0 Å². The van der Waals surface area contributed by atoms with Crippen molar-refractivity contribution < 1.29 is 5.48 Å². The van der Waals surface area contributed by atoms with Crippen molar-refractivity contribution in [2.45, 2.75) is 178 Å². The van der Waals surface area contributed by atoms with Gasteiger partial charge in [-0.05, 0) is 0 Å². The first kappa shape index (κ1) is 32.7. The molecular weight excluding hydrogens is 379 g/mol. The summed E-state index contributed by atoms with van der Waals surface area (Å²) in [6.07, 6.45) is 32.7. The van der Waals surface area contributed by atoms with E-state index in [0.29, 0.717) is 0 Å². The second-order valence-corrected chi connectivity index (χ2v) is 13.4. The maximum atomic E-state index is 2.32. The third kappa shape index (κ3) is 26.5. The molecule has 0 spiro atoms. The second-order valence-electron chi connectivity index (χ2n) is 9.95. The summed E-state index contributed by atoms with van der Waals surface area (Å²) in [5.74, 6) is 0. The van der Waals surface area contributed by atoms with Crippen LogP contribution in [0.25, 0.3) is 0 Å². The molecule has 0 aliphatic rings. The van der Waals surface area contributed by atoms with Crippen molar-refractivity contribution in [3.63, 3.8) is 0 Å². The Kier molecular flexibility index (Phi) is 32.1. The maximum absolute atomic E-state index is 2.32. The predicted molar refractivity (Wildman–Crippen MR) is 142 cm³/mol. The smallest absolute Gasteiger partial charge is 0.261 e. The Morgan fingerprint density at radius 2 is 0.500 bits per heavy atom. The highest BCUT2D eigenvalue weighted by Gasteiger charge is 2.15. The first-order chi connectivity index (χ1) is 14.3. The lowest BCUT2D eigenvalue weighted by molar-refractivity contribution is 0.582. The zero-order valence-corrected chi connectivity index (χ0v) is 22.9. The zero-order valence-electron chi connectivity index (χ0n) is 21.8. The van der Waals surface area contributed by atoms with Crippen molar-refractivity contribution >= 4 is 14.1 Å². The van der Waals surface area contributed by atoms with E-state index >= 15 is 0 Å². The van der Waals surface area contributed by atoms with Crippen LogP contribution in [0.4, 0.5) is 0 Å². The van der Waals surface area contributed by atoms with Crippen LogP contribution >= 0.6 is 0 Å². The van der Waals surface area contributed by atoms with Crippen LogP contribution in [0.1, 0.15) is 162 Å². The van der Waals surface area contributed by atoms with Crippen molar-refractivity contribution in [3.8, 4) is 0 Å². The van der Waals surface area contributed by atoms with Gasteiger partial charge < -0.3 is 5.48 Å². The lowest BCUT2D eigenvalue weighted by Gasteiger charge is -2.12. The van der Waals surface area contributed by atoms with Gasteiger partial charge in [0.2, 0.25) is 0 Å². The molecule has 0 radical (unpaired) electrons. The molecule has 0 aliphatic carbocycles. The van der Waals surface area contributed by atoms with E-state index in [1.165, 1.54) is 122 Å². The summed E-state index contributed by atoms with van der Waals surface area (Å²) < 4.78 is 0. The summed E-state index contributed by atoms with van der Waals surface area (Å²) in [4.78, 5) is 0. The van der Waals surface area contributed by atoms with Gasteiger partial charge in [-0.25, -0.2) is 0 Å². The molecule has 0 aliphatic heterocycles. The monoisotopic (exact) mass is 440 g/mol. The van der Waals surface area contributed by atoms with E-state index in [1.54, 1.807) is 35.1 Å². The van der Waals surface area contributed by atoms with Crippen molar-refractivity contribution in [3.05, 3.63) is 0 Å². The SMILES string of the molecule is CCCCCCCCC[CH2][Al]([CH2]CCCCCCCC)[CH2]CCCCCCCC.O. The Morgan fingerprint density at radius 3 is 0.733 bits per heavy atom. The molecule has 1 nitrogen and oxygen atoms in total. The fourth-order valence-electron chi connectivity index (χ4n) is 4.78. The van der Waals surface area contributed by atoms with E-state index in [9.17, 15) is 0 Å². The van der Waals surface area contributed by atoms with Crippen LogP contribution in [0.2, 0.25) is 15.8 Å². The Bertz CT molecular complexity index is 264. The number of hydrogen-bond acceptors (Lipinski definition) is 0. The van der Waals surface area contributed by atoms with Gasteiger partial charge in [-0.2, -0.15) is 0 Å². The highest BCUT2D eigenvalue weighted by molar-refractivity contribution is 6.58. The van der Waals surface area contributed by atoms with Gasteiger partial charge >= 0.3 is 0 Å². The van der Waals surface area contributed by atoms with Crippen molar-refractivity contribution in [2.24, 2.45) is 0 Å². The van der Waals surface area contributed by atoms with Crippen molar-refractivity contribution in [2.75, 3.05) is 0 Å². The van der Waals surface area contributed by atoms with Gasteiger partial charge in [0.25, 0.3) is 14.1 Å². The third-order valence-electron chi connectivity index (χ3n) is 6.90. The molecule has 0 aromatic carbocycles. The molecule has 182 valence electrons. The van der Waals surface area contributed by atoms with Gasteiger partial charge in [0.05, 0.1) is 0 Å². The number of unbranched alkanes of at least 4 members (excludes halogenated alkanes) is 19. The van der Waals surface area contributed by atoms with E-state index < -0.39 is 14.1 Å². The van der Waals surface area contributed by atoms with Gasteiger partial charge in [-0.15, -0.1) is 0 Å². The minimum absolute atomic E-state index is 0. The molecule has 0 rings (SSSR count). The number of hydrogen-bond donors (Lipinski definition) is 0. The lowest BCUT2D eigenvalue weighted by atomic mass is 10.1. The first-order valence-corrected chi connectivity index (χ1v) is 16.8. The van der Waals surface area contributed by atoms with Gasteiger partial charge in [-0.1, -0.05) is 178 Å². The maximum Gasteiger partial charge on any atom is 0.261 e. The molecule has 0 bridgehead atoms. The highest BCUT2D eigenvalue weighted by Crippen LogP contribution is 2.20. The van der Waals surface area contributed by atoms with Crippen LogP contribution in [-0.4, -0.2) is 19.6 Å². The minimum atomic E-state index is -0.433. The molecule has 0 saturated heterocycles. The number of rotatable bonds is 25. The Balaban J connectivity index is 0. The molecule has 0 aromatic rings. The van der Waals surface area contributed by atoms with Gasteiger partial charge in [-0.3, -0.25) is 0 Å². The summed E-state index contributed by atoms with van der Waals surface area (Å²) in [6.45, 7) is 6.97. The van der Waals surface area contributed by atoms with Crippen LogP contribution in [-0.2, 0) is 0 Å². The Hall–Kier alpha value is 0.492. The molecule has 2 N–H and O–H groups in total. The normalized spacial score (nSPS) is 10.9. The molecule has 0 saturated carbocycles. The summed E-state index contributed by atoms with van der Waals surface area (Å²) in [6, 6.07) is 0. The van der Waals surface area contributed by atoms with Gasteiger partial charge in [0, 0.05) is 0 Å². The molecule has 0 fully saturated rings. The molecule has 0 atom stereocenters. The fourth-order valence-corrected chi connectivity index (χ4v) is 8.24. The summed E-state index contributed by atoms with van der Waals surface area (Å²) in [5.41, 5.74) is 0. The molecule has 0 aromatic heterocycles. The van der Waals surface area contributed by atoms with Crippen LogP contribution in [0.3, 0.4) is 0 Å². The molecule has 0 amide bonds. The lowest BCUT2D eigenvalue weighted by Crippen LogP contribution is -2.12. The van der Waals surface area contributed by atoms with E-state index in [1.807, 2.05) is 0 Å². The quantitative estimate of drug-likeness (QED) is 0.0998. The average molecular weight is 441 g/mol. The van der Waals surface area contributed by atoms with Crippen LogP contribution in [0.5, 0.6) is 0 Å². The van der Waals surface area contributed by atoms with Crippen LogP contribution in [0, 0.1) is 0 Å². The predicted octanol–water partition coefficient (Wildman–Crippen LogP) is 10.3. The van der Waals surface area contributed by atoms with Crippen molar-refractivity contribution in [1.29, 1.82) is 0 Å². The largest absolute Gasteiger partial charge is 0.412 e. The standard InChI is InChI=1S/C10H21.2C9H19.Al.H2O/c1-3-5-7-9-10-8-6-4-2;2*1-3-5-7-9-8-6-4-2;;/h1,3-10H2,2H3;2*1,3-9H2,2H3;;1H2. The molecule has 2 heteroatoms.